The molecule has 1 heterocycles. The molecule has 0 saturated carbocycles. The van der Waals surface area contributed by atoms with Crippen molar-refractivity contribution in [3.63, 3.8) is 0 Å². The van der Waals surface area contributed by atoms with Gasteiger partial charge in [-0.15, -0.1) is 0 Å². The highest BCUT2D eigenvalue weighted by molar-refractivity contribution is 5.91. The molecule has 0 saturated heterocycles. The standard InChI is InChI=1S/C15H18N4O3/c1-3-18(4-2)14(20)9-22-15(21)12-5-7-13(8-6-12)19-11-16-10-17-19/h5-8,10-11H,3-4,9H2,1-2H3. The lowest BCUT2D eigenvalue weighted by atomic mass is 10.2. The summed E-state index contributed by atoms with van der Waals surface area (Å²) in [6.07, 6.45) is 3.00. The molecule has 0 aliphatic heterocycles. The van der Waals surface area contributed by atoms with Crippen LogP contribution in [0.3, 0.4) is 0 Å². The van der Waals surface area contributed by atoms with E-state index in [0.29, 0.717) is 18.7 Å². The lowest BCUT2D eigenvalue weighted by Gasteiger charge is -2.18. The minimum atomic E-state index is -0.523. The van der Waals surface area contributed by atoms with Gasteiger partial charge in [0, 0.05) is 13.1 Å². The molecule has 2 aromatic rings. The summed E-state index contributed by atoms with van der Waals surface area (Å²) in [6.45, 7) is 4.71. The van der Waals surface area contributed by atoms with E-state index in [1.54, 1.807) is 40.2 Å². The third-order valence-electron chi connectivity index (χ3n) is 3.23. The van der Waals surface area contributed by atoms with Crippen LogP contribution in [0.5, 0.6) is 0 Å². The third-order valence-corrected chi connectivity index (χ3v) is 3.23. The average molecular weight is 302 g/mol. The summed E-state index contributed by atoms with van der Waals surface area (Å²) >= 11 is 0. The van der Waals surface area contributed by atoms with E-state index in [9.17, 15) is 9.59 Å². The smallest absolute Gasteiger partial charge is 0.338 e. The first-order valence-corrected chi connectivity index (χ1v) is 7.05. The Morgan fingerprint density at radius 2 is 1.86 bits per heavy atom. The number of carbonyl (C=O) groups excluding carboxylic acids is 2. The molecule has 0 fully saturated rings. The summed E-state index contributed by atoms with van der Waals surface area (Å²) in [6, 6.07) is 6.72. The molecule has 7 heteroatoms. The molecule has 7 nitrogen and oxygen atoms in total. The molecular weight excluding hydrogens is 284 g/mol. The Hall–Kier alpha value is -2.70. The second-order valence-corrected chi connectivity index (χ2v) is 4.53. The first-order chi connectivity index (χ1) is 10.7. The molecule has 1 aromatic heterocycles. The molecule has 0 N–H and O–H groups in total. The monoisotopic (exact) mass is 302 g/mol. The van der Waals surface area contributed by atoms with Crippen molar-refractivity contribution < 1.29 is 14.3 Å². The van der Waals surface area contributed by atoms with Gasteiger partial charge in [0.15, 0.2) is 6.61 Å². The van der Waals surface area contributed by atoms with Crippen LogP contribution >= 0.6 is 0 Å². The second kappa shape index (κ2) is 7.35. The molecule has 1 amide bonds. The van der Waals surface area contributed by atoms with Crippen molar-refractivity contribution in [1.82, 2.24) is 19.7 Å². The Morgan fingerprint density at radius 3 is 2.41 bits per heavy atom. The van der Waals surface area contributed by atoms with E-state index in [4.69, 9.17) is 4.74 Å². The van der Waals surface area contributed by atoms with Gasteiger partial charge >= 0.3 is 5.97 Å². The summed E-state index contributed by atoms with van der Waals surface area (Å²) in [5.41, 5.74) is 1.17. The van der Waals surface area contributed by atoms with Crippen molar-refractivity contribution in [3.05, 3.63) is 42.5 Å². The van der Waals surface area contributed by atoms with Crippen molar-refractivity contribution in [2.24, 2.45) is 0 Å². The highest BCUT2D eigenvalue weighted by atomic mass is 16.5. The van der Waals surface area contributed by atoms with E-state index in [1.165, 1.54) is 6.33 Å². The van der Waals surface area contributed by atoms with Gasteiger partial charge in [-0.1, -0.05) is 0 Å². The Kier molecular flexibility index (Phi) is 5.24. The highest BCUT2D eigenvalue weighted by Gasteiger charge is 2.14. The van der Waals surface area contributed by atoms with Gasteiger partial charge in [-0.3, -0.25) is 4.79 Å². The van der Waals surface area contributed by atoms with Crippen molar-refractivity contribution in [1.29, 1.82) is 0 Å². The quantitative estimate of drug-likeness (QED) is 0.751. The van der Waals surface area contributed by atoms with E-state index in [1.807, 2.05) is 13.8 Å². The van der Waals surface area contributed by atoms with Crippen molar-refractivity contribution in [3.8, 4) is 5.69 Å². The van der Waals surface area contributed by atoms with Crippen molar-refractivity contribution in [2.75, 3.05) is 19.7 Å². The molecule has 0 aliphatic rings. The van der Waals surface area contributed by atoms with E-state index in [0.717, 1.165) is 5.69 Å². The summed E-state index contributed by atoms with van der Waals surface area (Å²) in [7, 11) is 0. The number of nitrogens with zero attached hydrogens (tertiary/aromatic N) is 4. The molecule has 22 heavy (non-hydrogen) atoms. The van der Waals surface area contributed by atoms with Gasteiger partial charge in [0.2, 0.25) is 0 Å². The van der Waals surface area contributed by atoms with Gasteiger partial charge in [-0.2, -0.15) is 5.10 Å². The van der Waals surface area contributed by atoms with Gasteiger partial charge < -0.3 is 9.64 Å². The number of esters is 1. The van der Waals surface area contributed by atoms with Gasteiger partial charge in [-0.05, 0) is 38.1 Å². The number of carbonyl (C=O) groups is 2. The van der Waals surface area contributed by atoms with Crippen LogP contribution in [0.4, 0.5) is 0 Å². The molecule has 0 radical (unpaired) electrons. The van der Waals surface area contributed by atoms with E-state index < -0.39 is 5.97 Å². The number of aromatic nitrogens is 3. The highest BCUT2D eigenvalue weighted by Crippen LogP contribution is 2.09. The van der Waals surface area contributed by atoms with Gasteiger partial charge in [-0.25, -0.2) is 14.5 Å². The van der Waals surface area contributed by atoms with E-state index in [2.05, 4.69) is 10.1 Å². The number of hydrogen-bond acceptors (Lipinski definition) is 5. The summed E-state index contributed by atoms with van der Waals surface area (Å²) in [5, 5.41) is 4.00. The normalized spacial score (nSPS) is 10.3. The molecule has 0 aliphatic carbocycles. The molecule has 2 rings (SSSR count). The summed E-state index contributed by atoms with van der Waals surface area (Å²) in [4.78, 5) is 29.2. The first-order valence-electron chi connectivity index (χ1n) is 7.05. The van der Waals surface area contributed by atoms with Gasteiger partial charge in [0.1, 0.15) is 12.7 Å². The van der Waals surface area contributed by atoms with Crippen LogP contribution in [-0.4, -0.2) is 51.2 Å². The largest absolute Gasteiger partial charge is 0.452 e. The Bertz CT molecular complexity index is 619. The predicted octanol–water partition coefficient (Wildman–Crippen LogP) is 1.29. The predicted molar refractivity (Wildman–Crippen MR) is 79.6 cm³/mol. The number of amides is 1. The molecule has 0 bridgehead atoms. The third kappa shape index (κ3) is 3.69. The first kappa shape index (κ1) is 15.7. The van der Waals surface area contributed by atoms with Crippen LogP contribution in [0.25, 0.3) is 5.69 Å². The van der Waals surface area contributed by atoms with Crippen LogP contribution in [0.15, 0.2) is 36.9 Å². The average Bonchev–Trinajstić information content (AvgIpc) is 3.08. The molecule has 0 unspecified atom stereocenters. The lowest BCUT2D eigenvalue weighted by Crippen LogP contribution is -2.34. The zero-order valence-corrected chi connectivity index (χ0v) is 12.6. The number of likely N-dealkylation sites (N-methyl/N-ethyl adjacent to an activating group) is 1. The van der Waals surface area contributed by atoms with Crippen LogP contribution in [0.2, 0.25) is 0 Å². The Balaban J connectivity index is 1.94. The van der Waals surface area contributed by atoms with E-state index >= 15 is 0 Å². The van der Waals surface area contributed by atoms with Crippen LogP contribution < -0.4 is 0 Å². The fourth-order valence-corrected chi connectivity index (χ4v) is 1.97. The maximum Gasteiger partial charge on any atom is 0.338 e. The SMILES string of the molecule is CCN(CC)C(=O)COC(=O)c1ccc(-n2cncn2)cc1. The molecule has 0 atom stereocenters. The molecule has 116 valence electrons. The van der Waals surface area contributed by atoms with Crippen LogP contribution in [0, 0.1) is 0 Å². The maximum atomic E-state index is 11.9. The van der Waals surface area contributed by atoms with Gasteiger partial charge in [0.25, 0.3) is 5.91 Å². The molecule has 0 spiro atoms. The fraction of sp³-hybridized carbons (Fsp3) is 0.333. The number of rotatable bonds is 6. The topological polar surface area (TPSA) is 77.3 Å². The summed E-state index contributed by atoms with van der Waals surface area (Å²) < 4.78 is 6.62. The summed E-state index contributed by atoms with van der Waals surface area (Å²) in [5.74, 6) is -0.719. The van der Waals surface area contributed by atoms with Gasteiger partial charge in [0.05, 0.1) is 11.3 Å². The second-order valence-electron chi connectivity index (χ2n) is 4.53. The zero-order valence-electron chi connectivity index (χ0n) is 12.6. The number of benzene rings is 1. The van der Waals surface area contributed by atoms with Crippen molar-refractivity contribution in [2.45, 2.75) is 13.8 Å². The number of ether oxygens (including phenoxy) is 1. The molecule has 1 aromatic carbocycles. The minimum Gasteiger partial charge on any atom is -0.452 e. The van der Waals surface area contributed by atoms with Crippen molar-refractivity contribution >= 4 is 11.9 Å². The zero-order chi connectivity index (χ0) is 15.9. The number of hydrogen-bond donors (Lipinski definition) is 0. The van der Waals surface area contributed by atoms with E-state index in [-0.39, 0.29) is 12.5 Å². The van der Waals surface area contributed by atoms with Crippen LogP contribution in [-0.2, 0) is 9.53 Å². The van der Waals surface area contributed by atoms with Crippen LogP contribution in [0.1, 0.15) is 24.2 Å². The maximum absolute atomic E-state index is 11.9. The molecular formula is C15H18N4O3. The Morgan fingerprint density at radius 1 is 1.18 bits per heavy atom. The lowest BCUT2D eigenvalue weighted by molar-refractivity contribution is -0.134. The minimum absolute atomic E-state index is 0.197. The fourth-order valence-electron chi connectivity index (χ4n) is 1.97. The Labute approximate surface area is 128 Å².